The van der Waals surface area contributed by atoms with Crippen molar-refractivity contribution in [3.8, 4) is 5.75 Å². The molecule has 0 bridgehead atoms. The summed E-state index contributed by atoms with van der Waals surface area (Å²) in [5.74, 6) is 0.252. The third-order valence-corrected chi connectivity index (χ3v) is 2.67. The van der Waals surface area contributed by atoms with Crippen molar-refractivity contribution in [2.75, 3.05) is 18.9 Å². The summed E-state index contributed by atoms with van der Waals surface area (Å²) in [4.78, 5) is 12.1. The van der Waals surface area contributed by atoms with E-state index in [1.54, 1.807) is 25.1 Å². The van der Waals surface area contributed by atoms with Crippen LogP contribution in [0.25, 0.3) is 0 Å². The number of nitrogens with two attached hydrogens (primary N) is 1. The Balaban J connectivity index is 2.65. The molecule has 5 nitrogen and oxygen atoms in total. The van der Waals surface area contributed by atoms with E-state index in [4.69, 9.17) is 15.6 Å². The Morgan fingerprint density at radius 1 is 1.53 bits per heavy atom. The number of benzene rings is 1. The molecular weight excluding hydrogens is 244 g/mol. The number of aliphatic hydroxyl groups is 1. The third-order valence-electron chi connectivity index (χ3n) is 2.67. The molecule has 1 amide bonds. The van der Waals surface area contributed by atoms with Crippen molar-refractivity contribution in [1.82, 2.24) is 5.32 Å². The molecule has 19 heavy (non-hydrogen) atoms. The van der Waals surface area contributed by atoms with Crippen LogP contribution in [0.4, 0.5) is 5.69 Å². The monoisotopic (exact) mass is 266 g/mol. The second kappa shape index (κ2) is 7.63. The first-order valence-corrected chi connectivity index (χ1v) is 6.53. The summed E-state index contributed by atoms with van der Waals surface area (Å²) in [6, 6.07) is 5.16. The van der Waals surface area contributed by atoms with Crippen molar-refractivity contribution in [2.24, 2.45) is 0 Å². The minimum absolute atomic E-state index is 0.243. The predicted molar refractivity (Wildman–Crippen MR) is 75.3 cm³/mol. The van der Waals surface area contributed by atoms with Gasteiger partial charge in [-0.15, -0.1) is 0 Å². The van der Waals surface area contributed by atoms with E-state index < -0.39 is 0 Å². The Kier molecular flexibility index (Phi) is 6.15. The Morgan fingerprint density at radius 2 is 2.26 bits per heavy atom. The van der Waals surface area contributed by atoms with Crippen LogP contribution >= 0.6 is 0 Å². The molecule has 0 heterocycles. The van der Waals surface area contributed by atoms with Crippen molar-refractivity contribution in [1.29, 1.82) is 0 Å². The van der Waals surface area contributed by atoms with Gasteiger partial charge in [0.15, 0.2) is 0 Å². The Morgan fingerprint density at radius 3 is 2.89 bits per heavy atom. The van der Waals surface area contributed by atoms with Crippen molar-refractivity contribution in [2.45, 2.75) is 32.8 Å². The lowest BCUT2D eigenvalue weighted by Crippen LogP contribution is -2.26. The number of aliphatic hydroxyl groups excluding tert-OH is 1. The molecule has 1 aromatic carbocycles. The first kappa shape index (κ1) is 15.3. The highest BCUT2D eigenvalue weighted by Gasteiger charge is 2.15. The fraction of sp³-hybridized carbons (Fsp3) is 0.500. The number of amides is 1. The number of nitrogens with one attached hydrogen (secondary N) is 1. The van der Waals surface area contributed by atoms with Crippen molar-refractivity contribution >= 4 is 11.6 Å². The molecular formula is C14H22N2O3. The van der Waals surface area contributed by atoms with Crippen LogP contribution in [0.3, 0.4) is 0 Å². The second-order valence-electron chi connectivity index (χ2n) is 4.40. The van der Waals surface area contributed by atoms with E-state index in [1.807, 2.05) is 6.92 Å². The molecule has 0 radical (unpaired) electrons. The van der Waals surface area contributed by atoms with E-state index in [2.05, 4.69) is 5.32 Å². The third kappa shape index (κ3) is 4.79. The zero-order chi connectivity index (χ0) is 14.3. The number of ether oxygens (including phenoxy) is 1. The van der Waals surface area contributed by atoms with Crippen LogP contribution in [-0.2, 0) is 0 Å². The fourth-order valence-corrected chi connectivity index (χ4v) is 1.75. The van der Waals surface area contributed by atoms with Crippen LogP contribution in [0.1, 0.15) is 37.0 Å². The van der Waals surface area contributed by atoms with Gasteiger partial charge in [0, 0.05) is 12.2 Å². The minimum Gasteiger partial charge on any atom is -0.493 e. The number of hydrogen-bond donors (Lipinski definition) is 3. The highest BCUT2D eigenvalue weighted by atomic mass is 16.5. The SMILES string of the molecule is CCOc1cccc(N)c1C(=O)NCCCC(C)O. The standard InChI is InChI=1S/C14H22N2O3/c1-3-19-12-8-4-7-11(15)13(12)14(18)16-9-5-6-10(2)17/h4,7-8,10,17H,3,5-6,9,15H2,1-2H3,(H,16,18). The molecule has 0 aliphatic heterocycles. The van der Waals surface area contributed by atoms with Crippen LogP contribution < -0.4 is 15.8 Å². The summed E-state index contributed by atoms with van der Waals surface area (Å²) in [5.41, 5.74) is 6.60. The normalized spacial score (nSPS) is 11.9. The molecule has 1 atom stereocenters. The number of hydrogen-bond acceptors (Lipinski definition) is 4. The summed E-state index contributed by atoms with van der Waals surface area (Å²) in [7, 11) is 0. The zero-order valence-electron chi connectivity index (χ0n) is 11.5. The Hall–Kier alpha value is -1.75. The topological polar surface area (TPSA) is 84.6 Å². The quantitative estimate of drug-likeness (QED) is 0.516. The summed E-state index contributed by atoms with van der Waals surface area (Å²) < 4.78 is 5.40. The van der Waals surface area contributed by atoms with Crippen LogP contribution in [0.15, 0.2) is 18.2 Å². The average Bonchev–Trinajstić information content (AvgIpc) is 2.35. The number of anilines is 1. The van der Waals surface area contributed by atoms with Gasteiger partial charge in [0.05, 0.1) is 12.7 Å². The molecule has 0 aliphatic carbocycles. The maximum atomic E-state index is 12.1. The molecule has 1 rings (SSSR count). The van der Waals surface area contributed by atoms with Gasteiger partial charge in [-0.2, -0.15) is 0 Å². The van der Waals surface area contributed by atoms with Gasteiger partial charge in [0.1, 0.15) is 11.3 Å². The molecule has 0 saturated carbocycles. The Bertz CT molecular complexity index is 419. The smallest absolute Gasteiger partial charge is 0.257 e. The van der Waals surface area contributed by atoms with Crippen LogP contribution in [0, 0.1) is 0 Å². The number of nitrogen functional groups attached to an aromatic ring is 1. The molecule has 0 aromatic heterocycles. The molecule has 0 fully saturated rings. The average molecular weight is 266 g/mol. The first-order chi connectivity index (χ1) is 9.06. The summed E-state index contributed by atoms with van der Waals surface area (Å²) in [5, 5.41) is 11.9. The molecule has 1 aromatic rings. The maximum Gasteiger partial charge on any atom is 0.257 e. The highest BCUT2D eigenvalue weighted by Crippen LogP contribution is 2.24. The molecule has 4 N–H and O–H groups in total. The van der Waals surface area contributed by atoms with E-state index in [0.29, 0.717) is 36.6 Å². The molecule has 0 aliphatic rings. The van der Waals surface area contributed by atoms with E-state index >= 15 is 0 Å². The summed E-state index contributed by atoms with van der Waals surface area (Å²) in [6.07, 6.45) is 1.03. The lowest BCUT2D eigenvalue weighted by atomic mass is 10.1. The highest BCUT2D eigenvalue weighted by molar-refractivity contribution is 6.01. The minimum atomic E-state index is -0.349. The largest absolute Gasteiger partial charge is 0.493 e. The van der Waals surface area contributed by atoms with Crippen molar-refractivity contribution < 1.29 is 14.6 Å². The molecule has 0 spiro atoms. The molecule has 5 heteroatoms. The molecule has 0 saturated heterocycles. The van der Waals surface area contributed by atoms with Gasteiger partial charge >= 0.3 is 0 Å². The Labute approximate surface area is 113 Å². The summed E-state index contributed by atoms with van der Waals surface area (Å²) >= 11 is 0. The second-order valence-corrected chi connectivity index (χ2v) is 4.40. The maximum absolute atomic E-state index is 12.1. The van der Waals surface area contributed by atoms with Crippen LogP contribution in [-0.4, -0.2) is 30.3 Å². The van der Waals surface area contributed by atoms with E-state index in [-0.39, 0.29) is 12.0 Å². The van der Waals surface area contributed by atoms with Crippen LogP contribution in [0.2, 0.25) is 0 Å². The molecule has 1 unspecified atom stereocenters. The first-order valence-electron chi connectivity index (χ1n) is 6.53. The fourth-order valence-electron chi connectivity index (χ4n) is 1.75. The van der Waals surface area contributed by atoms with Crippen molar-refractivity contribution in [3.05, 3.63) is 23.8 Å². The van der Waals surface area contributed by atoms with E-state index in [9.17, 15) is 4.79 Å². The lowest BCUT2D eigenvalue weighted by molar-refractivity contribution is 0.0947. The van der Waals surface area contributed by atoms with Gasteiger partial charge in [0.25, 0.3) is 5.91 Å². The number of rotatable bonds is 7. The van der Waals surface area contributed by atoms with Crippen molar-refractivity contribution in [3.63, 3.8) is 0 Å². The number of carbonyl (C=O) groups excluding carboxylic acids is 1. The molecule has 106 valence electrons. The van der Waals surface area contributed by atoms with Crippen LogP contribution in [0.5, 0.6) is 5.75 Å². The summed E-state index contributed by atoms with van der Waals surface area (Å²) in [6.45, 7) is 4.56. The van der Waals surface area contributed by atoms with Gasteiger partial charge in [-0.3, -0.25) is 4.79 Å². The predicted octanol–water partition coefficient (Wildman–Crippen LogP) is 1.56. The van der Waals surface area contributed by atoms with Gasteiger partial charge in [-0.25, -0.2) is 0 Å². The van der Waals surface area contributed by atoms with Gasteiger partial charge in [-0.1, -0.05) is 6.07 Å². The number of carbonyl (C=O) groups is 1. The van der Waals surface area contributed by atoms with Gasteiger partial charge in [-0.05, 0) is 38.8 Å². The zero-order valence-corrected chi connectivity index (χ0v) is 11.5. The lowest BCUT2D eigenvalue weighted by Gasteiger charge is -2.13. The van der Waals surface area contributed by atoms with Gasteiger partial charge in [0.2, 0.25) is 0 Å². The van der Waals surface area contributed by atoms with E-state index in [0.717, 1.165) is 6.42 Å². The van der Waals surface area contributed by atoms with Gasteiger partial charge < -0.3 is 20.9 Å². The van der Waals surface area contributed by atoms with E-state index in [1.165, 1.54) is 0 Å².